The fourth-order valence-corrected chi connectivity index (χ4v) is 1.85. The lowest BCUT2D eigenvalue weighted by atomic mass is 9.98. The number of rotatable bonds is 1. The second-order valence-corrected chi connectivity index (χ2v) is 3.55. The van der Waals surface area contributed by atoms with Gasteiger partial charge in [0, 0.05) is 6.54 Å². The summed E-state index contributed by atoms with van der Waals surface area (Å²) in [4.78, 5) is 27.2. The zero-order valence-electron chi connectivity index (χ0n) is 8.47. The zero-order chi connectivity index (χ0) is 10.8. The van der Waals surface area contributed by atoms with Gasteiger partial charge in [0.1, 0.15) is 11.6 Å². The van der Waals surface area contributed by atoms with Gasteiger partial charge in [-0.2, -0.15) is 0 Å². The normalized spacial score (nSPS) is 20.6. The average molecular weight is 208 g/mol. The van der Waals surface area contributed by atoms with E-state index in [0.717, 1.165) is 13.0 Å². The number of carbonyl (C=O) groups is 2. The molecule has 0 aliphatic carbocycles. The van der Waals surface area contributed by atoms with Crippen LogP contribution >= 0.6 is 0 Å². The lowest BCUT2D eigenvalue weighted by Gasteiger charge is -2.08. The van der Waals surface area contributed by atoms with E-state index in [9.17, 15) is 9.59 Å². The fourth-order valence-electron chi connectivity index (χ4n) is 1.85. The van der Waals surface area contributed by atoms with Crippen molar-refractivity contribution in [3.05, 3.63) is 18.2 Å². The molecule has 1 unspecified atom stereocenters. The van der Waals surface area contributed by atoms with Crippen molar-refractivity contribution in [2.45, 2.75) is 19.4 Å². The van der Waals surface area contributed by atoms with Gasteiger partial charge in [-0.15, -0.1) is 0 Å². The SMILES string of the molecule is COC(=O)C1CCCn2cncc2C1=O. The smallest absolute Gasteiger partial charge is 0.316 e. The summed E-state index contributed by atoms with van der Waals surface area (Å²) in [7, 11) is 1.30. The first-order chi connectivity index (χ1) is 7.24. The predicted molar refractivity (Wildman–Crippen MR) is 51.3 cm³/mol. The third-order valence-corrected chi connectivity index (χ3v) is 2.66. The Hall–Kier alpha value is -1.65. The molecule has 1 atom stereocenters. The number of imidazole rings is 1. The molecule has 0 N–H and O–H groups in total. The molecule has 1 aromatic heterocycles. The van der Waals surface area contributed by atoms with E-state index in [0.29, 0.717) is 12.1 Å². The van der Waals surface area contributed by atoms with Crippen LogP contribution in [0.15, 0.2) is 12.5 Å². The summed E-state index contributed by atoms with van der Waals surface area (Å²) in [6, 6.07) is 0. The van der Waals surface area contributed by atoms with Crippen LogP contribution in [0.25, 0.3) is 0 Å². The number of hydrogen-bond acceptors (Lipinski definition) is 4. The molecule has 1 aromatic rings. The molecule has 0 bridgehead atoms. The zero-order valence-corrected chi connectivity index (χ0v) is 8.47. The number of hydrogen-bond donors (Lipinski definition) is 0. The Kier molecular flexibility index (Phi) is 2.53. The highest BCUT2D eigenvalue weighted by Gasteiger charge is 2.32. The second-order valence-electron chi connectivity index (χ2n) is 3.55. The molecule has 2 rings (SSSR count). The number of fused-ring (bicyclic) bond motifs is 1. The first-order valence-corrected chi connectivity index (χ1v) is 4.86. The monoisotopic (exact) mass is 208 g/mol. The maximum absolute atomic E-state index is 11.9. The highest BCUT2D eigenvalue weighted by Crippen LogP contribution is 2.20. The van der Waals surface area contributed by atoms with Gasteiger partial charge in [0.05, 0.1) is 19.6 Å². The van der Waals surface area contributed by atoms with Crippen LogP contribution < -0.4 is 0 Å². The van der Waals surface area contributed by atoms with Crippen LogP contribution in [0.1, 0.15) is 23.3 Å². The topological polar surface area (TPSA) is 61.2 Å². The van der Waals surface area contributed by atoms with Crippen molar-refractivity contribution in [1.82, 2.24) is 9.55 Å². The maximum atomic E-state index is 11.9. The van der Waals surface area contributed by atoms with Crippen LogP contribution in [-0.2, 0) is 16.1 Å². The lowest BCUT2D eigenvalue weighted by molar-refractivity contribution is -0.143. The number of esters is 1. The molecule has 1 aliphatic rings. The molecule has 80 valence electrons. The minimum absolute atomic E-state index is 0.183. The summed E-state index contributed by atoms with van der Waals surface area (Å²) >= 11 is 0. The molecule has 5 nitrogen and oxygen atoms in total. The maximum Gasteiger partial charge on any atom is 0.316 e. The van der Waals surface area contributed by atoms with E-state index in [1.165, 1.54) is 13.3 Å². The minimum Gasteiger partial charge on any atom is -0.468 e. The van der Waals surface area contributed by atoms with Gasteiger partial charge in [0.25, 0.3) is 0 Å². The Morgan fingerprint density at radius 3 is 3.20 bits per heavy atom. The first-order valence-electron chi connectivity index (χ1n) is 4.86. The highest BCUT2D eigenvalue weighted by atomic mass is 16.5. The van der Waals surface area contributed by atoms with Gasteiger partial charge < -0.3 is 9.30 Å². The molecular formula is C10H12N2O3. The summed E-state index contributed by atoms with van der Waals surface area (Å²) in [6.45, 7) is 0.731. The van der Waals surface area contributed by atoms with Crippen molar-refractivity contribution in [3.8, 4) is 0 Å². The van der Waals surface area contributed by atoms with Crippen molar-refractivity contribution < 1.29 is 14.3 Å². The fraction of sp³-hybridized carbons (Fsp3) is 0.500. The predicted octanol–water partition coefficient (Wildman–Crippen LogP) is 0.649. The molecule has 0 radical (unpaired) electrons. The van der Waals surface area contributed by atoms with Crippen LogP contribution in [0, 0.1) is 5.92 Å². The Balaban J connectivity index is 2.32. The molecule has 0 saturated carbocycles. The Bertz CT molecular complexity index is 397. The highest BCUT2D eigenvalue weighted by molar-refractivity contribution is 6.07. The number of carbonyl (C=O) groups excluding carboxylic acids is 2. The Morgan fingerprint density at radius 2 is 2.47 bits per heavy atom. The van der Waals surface area contributed by atoms with Gasteiger partial charge in [-0.05, 0) is 12.8 Å². The van der Waals surface area contributed by atoms with E-state index < -0.39 is 11.9 Å². The van der Waals surface area contributed by atoms with E-state index in [4.69, 9.17) is 0 Å². The molecule has 1 aliphatic heterocycles. The van der Waals surface area contributed by atoms with Gasteiger partial charge in [-0.25, -0.2) is 4.98 Å². The number of Topliss-reactive ketones (excluding diaryl/α,β-unsaturated/α-hetero) is 1. The summed E-state index contributed by atoms with van der Waals surface area (Å²) in [6.07, 6.45) is 4.46. The molecular weight excluding hydrogens is 196 g/mol. The summed E-state index contributed by atoms with van der Waals surface area (Å²) in [5, 5.41) is 0. The molecule has 0 amide bonds. The van der Waals surface area contributed by atoms with E-state index in [-0.39, 0.29) is 5.78 Å². The number of aryl methyl sites for hydroxylation is 1. The number of nitrogens with zero attached hydrogens (tertiary/aromatic N) is 2. The van der Waals surface area contributed by atoms with E-state index in [2.05, 4.69) is 9.72 Å². The van der Waals surface area contributed by atoms with Crippen LogP contribution in [0.2, 0.25) is 0 Å². The van der Waals surface area contributed by atoms with Crippen LogP contribution in [-0.4, -0.2) is 28.4 Å². The molecule has 0 spiro atoms. The van der Waals surface area contributed by atoms with Gasteiger partial charge >= 0.3 is 5.97 Å². The number of ether oxygens (including phenoxy) is 1. The average Bonchev–Trinajstić information content (AvgIpc) is 2.65. The third kappa shape index (κ3) is 1.65. The summed E-state index contributed by atoms with van der Waals surface area (Å²) in [5.41, 5.74) is 0.503. The number of methoxy groups -OCH3 is 1. The molecule has 0 fully saturated rings. The molecule has 0 saturated heterocycles. The molecule has 2 heterocycles. The van der Waals surface area contributed by atoms with Crippen molar-refractivity contribution in [1.29, 1.82) is 0 Å². The van der Waals surface area contributed by atoms with Crippen LogP contribution in [0.3, 0.4) is 0 Å². The van der Waals surface area contributed by atoms with E-state index in [1.54, 1.807) is 10.9 Å². The quantitative estimate of drug-likeness (QED) is 0.502. The Morgan fingerprint density at radius 1 is 1.67 bits per heavy atom. The van der Waals surface area contributed by atoms with Crippen molar-refractivity contribution in [2.75, 3.05) is 7.11 Å². The standard InChI is InChI=1S/C10H12N2O3/c1-15-10(14)7-3-2-4-12-6-11-5-8(12)9(7)13/h5-7H,2-4H2,1H3. The first kappa shape index (κ1) is 9.89. The lowest BCUT2D eigenvalue weighted by Crippen LogP contribution is -2.25. The van der Waals surface area contributed by atoms with Gasteiger partial charge in [-0.1, -0.05) is 0 Å². The largest absolute Gasteiger partial charge is 0.468 e. The van der Waals surface area contributed by atoms with Crippen LogP contribution in [0.5, 0.6) is 0 Å². The van der Waals surface area contributed by atoms with Crippen molar-refractivity contribution in [2.24, 2.45) is 5.92 Å². The third-order valence-electron chi connectivity index (χ3n) is 2.66. The number of aromatic nitrogens is 2. The molecule has 0 aromatic carbocycles. The van der Waals surface area contributed by atoms with Gasteiger partial charge in [0.2, 0.25) is 0 Å². The molecule has 5 heteroatoms. The summed E-state index contributed by atoms with van der Waals surface area (Å²) in [5.74, 6) is -1.29. The molecule has 15 heavy (non-hydrogen) atoms. The van der Waals surface area contributed by atoms with E-state index >= 15 is 0 Å². The van der Waals surface area contributed by atoms with Crippen LogP contribution in [0.4, 0.5) is 0 Å². The van der Waals surface area contributed by atoms with E-state index in [1.807, 2.05) is 0 Å². The van der Waals surface area contributed by atoms with Gasteiger partial charge in [0.15, 0.2) is 5.78 Å². The number of ketones is 1. The minimum atomic E-state index is -0.659. The Labute approximate surface area is 87.1 Å². The summed E-state index contributed by atoms with van der Waals surface area (Å²) < 4.78 is 6.40. The van der Waals surface area contributed by atoms with Gasteiger partial charge in [-0.3, -0.25) is 9.59 Å². The second kappa shape index (κ2) is 3.84. The van der Waals surface area contributed by atoms with Crippen molar-refractivity contribution in [3.63, 3.8) is 0 Å². The van der Waals surface area contributed by atoms with Crippen molar-refractivity contribution >= 4 is 11.8 Å².